The molecule has 1 aliphatic heterocycles. The third kappa shape index (κ3) is 3.58. The van der Waals surface area contributed by atoms with E-state index in [2.05, 4.69) is 26.1 Å². The fourth-order valence-corrected chi connectivity index (χ4v) is 3.82. The molecule has 1 aliphatic carbocycles. The maximum atomic E-state index is 12.9. The van der Waals surface area contributed by atoms with Gasteiger partial charge in [-0.1, -0.05) is 40.0 Å². The average molecular weight is 294 g/mol. The summed E-state index contributed by atoms with van der Waals surface area (Å²) < 4.78 is 0. The van der Waals surface area contributed by atoms with Crippen molar-refractivity contribution < 1.29 is 9.59 Å². The van der Waals surface area contributed by atoms with Gasteiger partial charge in [-0.25, -0.2) is 0 Å². The normalized spacial score (nSPS) is 34.8. The number of carbonyl (C=O) groups is 2. The number of rotatable bonds is 3. The van der Waals surface area contributed by atoms with E-state index < -0.39 is 0 Å². The number of nitrogens with zero attached hydrogens (tertiary/aromatic N) is 1. The van der Waals surface area contributed by atoms with E-state index in [0.717, 1.165) is 19.3 Å². The molecule has 2 rings (SSSR count). The monoisotopic (exact) mass is 294 g/mol. The zero-order valence-corrected chi connectivity index (χ0v) is 13.9. The predicted molar refractivity (Wildman–Crippen MR) is 83.7 cm³/mol. The fourth-order valence-electron chi connectivity index (χ4n) is 3.82. The summed E-state index contributed by atoms with van der Waals surface area (Å²) in [5.41, 5.74) is 0. The summed E-state index contributed by atoms with van der Waals surface area (Å²) in [5, 5.41) is 2.92. The van der Waals surface area contributed by atoms with Crippen LogP contribution in [0, 0.1) is 11.8 Å². The van der Waals surface area contributed by atoms with Gasteiger partial charge in [-0.15, -0.1) is 0 Å². The van der Waals surface area contributed by atoms with Crippen LogP contribution in [-0.2, 0) is 9.59 Å². The molecule has 0 bridgehead atoms. The lowest BCUT2D eigenvalue weighted by molar-refractivity contribution is -0.153. The van der Waals surface area contributed by atoms with Crippen LogP contribution in [-0.4, -0.2) is 34.8 Å². The van der Waals surface area contributed by atoms with Gasteiger partial charge in [0.2, 0.25) is 11.8 Å². The Labute approximate surface area is 128 Å². The molecule has 4 heteroatoms. The predicted octanol–water partition coefficient (Wildman–Crippen LogP) is 2.72. The minimum atomic E-state index is -0.329. The van der Waals surface area contributed by atoms with Gasteiger partial charge < -0.3 is 10.2 Å². The Morgan fingerprint density at radius 3 is 2.48 bits per heavy atom. The van der Waals surface area contributed by atoms with Crippen LogP contribution >= 0.6 is 0 Å². The lowest BCUT2D eigenvalue weighted by Crippen LogP contribution is -2.65. The maximum Gasteiger partial charge on any atom is 0.246 e. The molecular weight excluding hydrogens is 264 g/mol. The molecule has 1 heterocycles. The van der Waals surface area contributed by atoms with E-state index >= 15 is 0 Å². The van der Waals surface area contributed by atoms with E-state index in [0.29, 0.717) is 11.8 Å². The number of hydrogen-bond donors (Lipinski definition) is 1. The molecule has 120 valence electrons. The lowest BCUT2D eigenvalue weighted by atomic mass is 9.90. The number of amides is 2. The molecule has 21 heavy (non-hydrogen) atoms. The first-order chi connectivity index (χ1) is 9.91. The van der Waals surface area contributed by atoms with Crippen molar-refractivity contribution in [2.24, 2.45) is 11.8 Å². The van der Waals surface area contributed by atoms with Gasteiger partial charge in [-0.3, -0.25) is 9.59 Å². The van der Waals surface area contributed by atoms with Crippen molar-refractivity contribution in [1.82, 2.24) is 10.2 Å². The van der Waals surface area contributed by atoms with Crippen LogP contribution in [0.2, 0.25) is 0 Å². The van der Waals surface area contributed by atoms with Gasteiger partial charge in [0.15, 0.2) is 0 Å². The second-order valence-electron chi connectivity index (χ2n) is 7.29. The Hall–Kier alpha value is -1.06. The quantitative estimate of drug-likeness (QED) is 0.814. The van der Waals surface area contributed by atoms with Gasteiger partial charge >= 0.3 is 0 Å². The van der Waals surface area contributed by atoms with Crippen LogP contribution in [0.3, 0.4) is 0 Å². The summed E-state index contributed by atoms with van der Waals surface area (Å²) in [4.78, 5) is 27.1. The summed E-state index contributed by atoms with van der Waals surface area (Å²) >= 11 is 0. The molecule has 4 unspecified atom stereocenters. The molecule has 4 atom stereocenters. The van der Waals surface area contributed by atoms with Gasteiger partial charge in [0.1, 0.15) is 12.1 Å². The van der Waals surface area contributed by atoms with E-state index in [1.807, 2.05) is 11.8 Å². The van der Waals surface area contributed by atoms with E-state index in [9.17, 15) is 9.59 Å². The van der Waals surface area contributed by atoms with Crippen molar-refractivity contribution in [2.75, 3.05) is 0 Å². The number of nitrogens with one attached hydrogen (secondary N) is 1. The largest absolute Gasteiger partial charge is 0.343 e. The van der Waals surface area contributed by atoms with Crippen molar-refractivity contribution in [2.45, 2.75) is 84.3 Å². The van der Waals surface area contributed by atoms with Crippen LogP contribution in [0.5, 0.6) is 0 Å². The van der Waals surface area contributed by atoms with Crippen molar-refractivity contribution in [1.29, 1.82) is 0 Å². The molecule has 0 aromatic carbocycles. The minimum Gasteiger partial charge on any atom is -0.343 e. The number of piperazine rings is 1. The minimum absolute atomic E-state index is 0.0108. The Balaban J connectivity index is 2.20. The molecule has 2 amide bonds. The van der Waals surface area contributed by atoms with Crippen molar-refractivity contribution >= 4 is 11.8 Å². The van der Waals surface area contributed by atoms with Gasteiger partial charge in [0, 0.05) is 6.04 Å². The zero-order valence-electron chi connectivity index (χ0n) is 13.9. The Bertz CT molecular complexity index is 394. The van der Waals surface area contributed by atoms with Crippen LogP contribution in [0.25, 0.3) is 0 Å². The molecule has 0 radical (unpaired) electrons. The second-order valence-corrected chi connectivity index (χ2v) is 7.29. The SMILES string of the molecule is CC(C)CC1NC(=O)C(C)N(C2CCCCCC2C)C1=O. The van der Waals surface area contributed by atoms with Crippen molar-refractivity contribution in [3.63, 3.8) is 0 Å². The summed E-state index contributed by atoms with van der Waals surface area (Å²) in [7, 11) is 0. The van der Waals surface area contributed by atoms with E-state index in [4.69, 9.17) is 0 Å². The topological polar surface area (TPSA) is 49.4 Å². The standard InChI is InChI=1S/C17H30N2O2/c1-11(2)10-14-17(21)19(13(4)16(20)18-14)15-9-7-5-6-8-12(15)3/h11-15H,5-10H2,1-4H3,(H,18,20). The molecule has 0 aromatic heterocycles. The summed E-state index contributed by atoms with van der Waals surface area (Å²) in [6.07, 6.45) is 6.60. The van der Waals surface area contributed by atoms with E-state index in [-0.39, 0.29) is 29.9 Å². The van der Waals surface area contributed by atoms with E-state index in [1.165, 1.54) is 19.3 Å². The third-order valence-electron chi connectivity index (χ3n) is 5.05. The summed E-state index contributed by atoms with van der Waals surface area (Å²) in [6, 6.07) is -0.425. The fraction of sp³-hybridized carbons (Fsp3) is 0.882. The van der Waals surface area contributed by atoms with Gasteiger partial charge in [0.05, 0.1) is 0 Å². The van der Waals surface area contributed by atoms with Crippen molar-refractivity contribution in [3.05, 3.63) is 0 Å². The zero-order chi connectivity index (χ0) is 15.6. The van der Waals surface area contributed by atoms with Gasteiger partial charge in [-0.2, -0.15) is 0 Å². The summed E-state index contributed by atoms with van der Waals surface area (Å²) in [5.74, 6) is 1.04. The molecule has 0 aromatic rings. The highest BCUT2D eigenvalue weighted by molar-refractivity contribution is 5.96. The van der Waals surface area contributed by atoms with Crippen LogP contribution in [0.1, 0.15) is 66.2 Å². The second kappa shape index (κ2) is 6.80. The summed E-state index contributed by atoms with van der Waals surface area (Å²) in [6.45, 7) is 8.29. The van der Waals surface area contributed by atoms with Crippen LogP contribution < -0.4 is 5.32 Å². The molecule has 1 N–H and O–H groups in total. The lowest BCUT2D eigenvalue weighted by Gasteiger charge is -2.44. The molecule has 1 saturated heterocycles. The average Bonchev–Trinajstić information content (AvgIpc) is 2.61. The Morgan fingerprint density at radius 1 is 1.14 bits per heavy atom. The Morgan fingerprint density at radius 2 is 1.81 bits per heavy atom. The first kappa shape index (κ1) is 16.3. The van der Waals surface area contributed by atoms with Crippen LogP contribution in [0.15, 0.2) is 0 Å². The first-order valence-corrected chi connectivity index (χ1v) is 8.54. The maximum absolute atomic E-state index is 12.9. The third-order valence-corrected chi connectivity index (χ3v) is 5.05. The first-order valence-electron chi connectivity index (χ1n) is 8.54. The highest BCUT2D eigenvalue weighted by atomic mass is 16.2. The molecule has 1 saturated carbocycles. The number of hydrogen-bond acceptors (Lipinski definition) is 2. The Kier molecular flexibility index (Phi) is 5.28. The molecule has 4 nitrogen and oxygen atoms in total. The van der Waals surface area contributed by atoms with Crippen molar-refractivity contribution in [3.8, 4) is 0 Å². The number of carbonyl (C=O) groups excluding carboxylic acids is 2. The molecular formula is C17H30N2O2. The highest BCUT2D eigenvalue weighted by Gasteiger charge is 2.43. The molecule has 2 fully saturated rings. The smallest absolute Gasteiger partial charge is 0.246 e. The highest BCUT2D eigenvalue weighted by Crippen LogP contribution is 2.30. The van der Waals surface area contributed by atoms with Gasteiger partial charge in [-0.05, 0) is 38.0 Å². The molecule has 0 spiro atoms. The van der Waals surface area contributed by atoms with Crippen LogP contribution in [0.4, 0.5) is 0 Å². The van der Waals surface area contributed by atoms with Gasteiger partial charge in [0.25, 0.3) is 0 Å². The molecule has 2 aliphatic rings. The van der Waals surface area contributed by atoms with E-state index in [1.54, 1.807) is 0 Å².